The van der Waals surface area contributed by atoms with Crippen LogP contribution in [0.15, 0.2) is 12.2 Å². The fourth-order valence-corrected chi connectivity index (χ4v) is 3.23. The number of hydrogen-bond acceptors (Lipinski definition) is 4. The van der Waals surface area contributed by atoms with E-state index in [9.17, 15) is 4.79 Å². The first-order valence-electron chi connectivity index (χ1n) is 5.37. The Balaban J connectivity index is 3.98. The first-order valence-corrected chi connectivity index (χ1v) is 7.89. The van der Waals surface area contributed by atoms with Crippen LogP contribution in [-0.4, -0.2) is 35.4 Å². The fraction of sp³-hybridized carbons (Fsp3) is 0.727. The van der Waals surface area contributed by atoms with Crippen molar-refractivity contribution in [2.24, 2.45) is 5.92 Å². The summed E-state index contributed by atoms with van der Waals surface area (Å²) >= 11 is 0. The minimum Gasteiger partial charge on any atom is -0.462 e. The van der Waals surface area contributed by atoms with Gasteiger partial charge < -0.3 is 13.6 Å². The van der Waals surface area contributed by atoms with E-state index < -0.39 is 8.56 Å². The van der Waals surface area contributed by atoms with E-state index in [-0.39, 0.29) is 11.9 Å². The molecule has 5 heteroatoms. The molecular weight excluding hydrogens is 224 g/mol. The van der Waals surface area contributed by atoms with Crippen LogP contribution >= 0.6 is 0 Å². The summed E-state index contributed by atoms with van der Waals surface area (Å²) < 4.78 is 15.8. The average molecular weight is 246 g/mol. The molecule has 0 N–H and O–H groups in total. The van der Waals surface area contributed by atoms with Gasteiger partial charge in [-0.15, -0.1) is 0 Å². The summed E-state index contributed by atoms with van der Waals surface area (Å²) in [6, 6.07) is 0.809. The second kappa shape index (κ2) is 7.59. The minimum atomic E-state index is -2.06. The zero-order chi connectivity index (χ0) is 12.6. The number of allylic oxidation sites excluding steroid dienone is 1. The Labute approximate surface area is 98.8 Å². The Kier molecular flexibility index (Phi) is 7.28. The van der Waals surface area contributed by atoms with Crippen molar-refractivity contribution in [2.75, 3.05) is 20.8 Å². The Morgan fingerprint density at radius 2 is 1.94 bits per heavy atom. The van der Waals surface area contributed by atoms with Crippen molar-refractivity contribution in [3.8, 4) is 0 Å². The quantitative estimate of drug-likeness (QED) is 0.392. The summed E-state index contributed by atoms with van der Waals surface area (Å²) in [4.78, 5) is 11.1. The Hall–Kier alpha value is -0.653. The molecule has 1 atom stereocenters. The van der Waals surface area contributed by atoms with Gasteiger partial charge in [0.05, 0.1) is 6.61 Å². The van der Waals surface area contributed by atoms with Crippen molar-refractivity contribution in [3.05, 3.63) is 12.2 Å². The molecule has 94 valence electrons. The summed E-state index contributed by atoms with van der Waals surface area (Å²) in [6.07, 6.45) is 3.08. The number of hydrogen-bond donors (Lipinski definition) is 0. The smallest absolute Gasteiger partial charge is 0.334 e. The SMILES string of the molecule is CC=CC(=O)OCC(C)C[Si](C)(OC)OC. The molecule has 0 aliphatic carbocycles. The van der Waals surface area contributed by atoms with E-state index in [1.807, 2.05) is 13.5 Å². The third kappa shape index (κ3) is 6.04. The first kappa shape index (κ1) is 15.3. The molecule has 0 aromatic heterocycles. The molecule has 0 aromatic rings. The predicted octanol–water partition coefficient (Wildman–Crippen LogP) is 2.11. The number of esters is 1. The van der Waals surface area contributed by atoms with Crippen LogP contribution in [0.1, 0.15) is 13.8 Å². The molecule has 16 heavy (non-hydrogen) atoms. The summed E-state index contributed by atoms with van der Waals surface area (Å²) in [5, 5.41) is 0. The number of ether oxygens (including phenoxy) is 1. The summed E-state index contributed by atoms with van der Waals surface area (Å²) in [5.41, 5.74) is 0. The van der Waals surface area contributed by atoms with Gasteiger partial charge in [0.1, 0.15) is 0 Å². The molecule has 0 spiro atoms. The van der Waals surface area contributed by atoms with E-state index in [2.05, 4.69) is 0 Å². The maximum absolute atomic E-state index is 11.1. The van der Waals surface area contributed by atoms with Crippen LogP contribution in [0, 0.1) is 5.92 Å². The highest BCUT2D eigenvalue weighted by Crippen LogP contribution is 2.18. The van der Waals surface area contributed by atoms with Gasteiger partial charge in [-0.1, -0.05) is 13.0 Å². The van der Waals surface area contributed by atoms with Crippen LogP contribution in [-0.2, 0) is 18.4 Å². The van der Waals surface area contributed by atoms with Gasteiger partial charge in [0.25, 0.3) is 0 Å². The molecule has 0 aliphatic rings. The lowest BCUT2D eigenvalue weighted by Crippen LogP contribution is -2.38. The van der Waals surface area contributed by atoms with Gasteiger partial charge in [-0.05, 0) is 25.4 Å². The fourth-order valence-electron chi connectivity index (χ4n) is 1.35. The van der Waals surface area contributed by atoms with E-state index in [0.29, 0.717) is 6.61 Å². The highest BCUT2D eigenvalue weighted by molar-refractivity contribution is 6.66. The van der Waals surface area contributed by atoms with Gasteiger partial charge in [0.2, 0.25) is 0 Å². The highest BCUT2D eigenvalue weighted by Gasteiger charge is 2.31. The monoisotopic (exact) mass is 246 g/mol. The van der Waals surface area contributed by atoms with Gasteiger partial charge in [0, 0.05) is 20.3 Å². The first-order chi connectivity index (χ1) is 7.47. The van der Waals surface area contributed by atoms with Crippen LogP contribution < -0.4 is 0 Å². The van der Waals surface area contributed by atoms with Crippen LogP contribution in [0.4, 0.5) is 0 Å². The normalized spacial score (nSPS) is 14.1. The summed E-state index contributed by atoms with van der Waals surface area (Å²) in [6.45, 7) is 6.20. The standard InChI is InChI=1S/C11H22O4Si/c1-6-7-11(12)15-8-10(2)9-16(5,13-3)14-4/h6-7,10H,8-9H2,1-5H3. The van der Waals surface area contributed by atoms with E-state index in [1.54, 1.807) is 27.2 Å². The molecule has 0 heterocycles. The van der Waals surface area contributed by atoms with Gasteiger partial charge >= 0.3 is 14.5 Å². The van der Waals surface area contributed by atoms with E-state index in [0.717, 1.165) is 6.04 Å². The lowest BCUT2D eigenvalue weighted by molar-refractivity contribution is -0.138. The van der Waals surface area contributed by atoms with Crippen LogP contribution in [0.25, 0.3) is 0 Å². The van der Waals surface area contributed by atoms with Crippen molar-refractivity contribution in [2.45, 2.75) is 26.4 Å². The number of carbonyl (C=O) groups excluding carboxylic acids is 1. The minimum absolute atomic E-state index is 0.241. The van der Waals surface area contributed by atoms with Crippen molar-refractivity contribution in [1.82, 2.24) is 0 Å². The van der Waals surface area contributed by atoms with Crippen LogP contribution in [0.5, 0.6) is 0 Å². The third-order valence-corrected chi connectivity index (χ3v) is 5.56. The molecule has 0 amide bonds. The molecule has 0 saturated carbocycles. The molecule has 0 radical (unpaired) electrons. The lowest BCUT2D eigenvalue weighted by atomic mass is 10.2. The average Bonchev–Trinajstić information content (AvgIpc) is 2.26. The molecular formula is C11H22O4Si. The number of rotatable bonds is 7. The van der Waals surface area contributed by atoms with E-state index in [4.69, 9.17) is 13.6 Å². The largest absolute Gasteiger partial charge is 0.462 e. The zero-order valence-electron chi connectivity index (χ0n) is 10.8. The van der Waals surface area contributed by atoms with Gasteiger partial charge in [0.15, 0.2) is 0 Å². The molecule has 0 aromatic carbocycles. The van der Waals surface area contributed by atoms with Crippen LogP contribution in [0.2, 0.25) is 12.6 Å². The van der Waals surface area contributed by atoms with Crippen molar-refractivity contribution in [3.63, 3.8) is 0 Å². The van der Waals surface area contributed by atoms with Gasteiger partial charge in [-0.2, -0.15) is 0 Å². The Morgan fingerprint density at radius 3 is 2.38 bits per heavy atom. The predicted molar refractivity (Wildman–Crippen MR) is 65.4 cm³/mol. The van der Waals surface area contributed by atoms with Crippen molar-refractivity contribution in [1.29, 1.82) is 0 Å². The lowest BCUT2D eigenvalue weighted by Gasteiger charge is -2.25. The summed E-state index contributed by atoms with van der Waals surface area (Å²) in [5.74, 6) is -0.0571. The highest BCUT2D eigenvalue weighted by atomic mass is 28.4. The maximum Gasteiger partial charge on any atom is 0.334 e. The van der Waals surface area contributed by atoms with Crippen LogP contribution in [0.3, 0.4) is 0 Å². The molecule has 0 bridgehead atoms. The van der Waals surface area contributed by atoms with Gasteiger partial charge in [-0.3, -0.25) is 0 Å². The second-order valence-electron chi connectivity index (χ2n) is 3.98. The molecule has 1 unspecified atom stereocenters. The topological polar surface area (TPSA) is 44.8 Å². The van der Waals surface area contributed by atoms with E-state index >= 15 is 0 Å². The molecule has 0 saturated heterocycles. The third-order valence-electron chi connectivity index (χ3n) is 2.40. The molecule has 4 nitrogen and oxygen atoms in total. The zero-order valence-corrected chi connectivity index (χ0v) is 11.8. The Morgan fingerprint density at radius 1 is 1.38 bits per heavy atom. The summed E-state index contributed by atoms with van der Waals surface area (Å²) in [7, 11) is 1.26. The van der Waals surface area contributed by atoms with E-state index in [1.165, 1.54) is 6.08 Å². The van der Waals surface area contributed by atoms with Crippen molar-refractivity contribution >= 4 is 14.5 Å². The maximum atomic E-state index is 11.1. The van der Waals surface area contributed by atoms with Gasteiger partial charge in [-0.25, -0.2) is 4.79 Å². The molecule has 0 fully saturated rings. The molecule has 0 rings (SSSR count). The van der Waals surface area contributed by atoms with Crippen molar-refractivity contribution < 1.29 is 18.4 Å². The Bertz CT molecular complexity index is 236. The molecule has 0 aliphatic heterocycles. The number of carbonyl (C=O) groups is 1. The second-order valence-corrected chi connectivity index (χ2v) is 7.47.